The molecule has 1 aliphatic rings. The molecule has 0 saturated heterocycles. The number of amides is 2. The van der Waals surface area contributed by atoms with Crippen molar-refractivity contribution in [3.63, 3.8) is 0 Å². The van der Waals surface area contributed by atoms with E-state index in [0.717, 1.165) is 30.9 Å². The highest BCUT2D eigenvalue weighted by molar-refractivity contribution is 5.90. The Morgan fingerprint density at radius 1 is 1.00 bits per heavy atom. The van der Waals surface area contributed by atoms with Crippen molar-refractivity contribution in [2.45, 2.75) is 51.0 Å². The van der Waals surface area contributed by atoms with E-state index in [-0.39, 0.29) is 23.9 Å². The van der Waals surface area contributed by atoms with Crippen LogP contribution in [0.5, 0.6) is 0 Å². The van der Waals surface area contributed by atoms with Crippen molar-refractivity contribution in [1.82, 2.24) is 5.32 Å². The van der Waals surface area contributed by atoms with Gasteiger partial charge in [-0.15, -0.1) is 0 Å². The average Bonchev–Trinajstić information content (AvgIpc) is 2.67. The lowest BCUT2D eigenvalue weighted by atomic mass is 9.68. The van der Waals surface area contributed by atoms with E-state index < -0.39 is 17.0 Å². The number of carbonyl (C=O) groups is 2. The predicted molar refractivity (Wildman–Crippen MR) is 104 cm³/mol. The van der Waals surface area contributed by atoms with Gasteiger partial charge in [-0.1, -0.05) is 37.5 Å². The van der Waals surface area contributed by atoms with Crippen LogP contribution in [0.15, 0.2) is 42.5 Å². The van der Waals surface area contributed by atoms with Crippen LogP contribution in [0.2, 0.25) is 0 Å². The SMILES string of the molecule is CC(=O)Nc1ccc(C2(C(=O)NCc3ccc(F)cc3F)CCCCC2)cc1. The van der Waals surface area contributed by atoms with Crippen molar-refractivity contribution in [3.05, 3.63) is 65.2 Å². The standard InChI is InChI=1S/C22H24F2N2O2/c1-15(27)26-19-9-6-17(7-10-19)22(11-3-2-4-12-22)21(28)25-14-16-5-8-18(23)13-20(16)24/h5-10,13H,2-4,11-12,14H2,1H3,(H,25,28)(H,26,27). The summed E-state index contributed by atoms with van der Waals surface area (Å²) in [4.78, 5) is 24.4. The second kappa shape index (κ2) is 8.50. The zero-order valence-electron chi connectivity index (χ0n) is 15.9. The normalized spacial score (nSPS) is 15.7. The Kier molecular flexibility index (Phi) is 6.07. The summed E-state index contributed by atoms with van der Waals surface area (Å²) < 4.78 is 27.0. The van der Waals surface area contributed by atoms with E-state index in [4.69, 9.17) is 0 Å². The lowest BCUT2D eigenvalue weighted by molar-refractivity contribution is -0.128. The molecule has 28 heavy (non-hydrogen) atoms. The van der Waals surface area contributed by atoms with Gasteiger partial charge < -0.3 is 10.6 Å². The molecule has 1 saturated carbocycles. The van der Waals surface area contributed by atoms with Crippen molar-refractivity contribution in [2.75, 3.05) is 5.32 Å². The van der Waals surface area contributed by atoms with Crippen LogP contribution in [0.1, 0.15) is 50.2 Å². The maximum absolute atomic E-state index is 13.9. The summed E-state index contributed by atoms with van der Waals surface area (Å²) in [7, 11) is 0. The maximum Gasteiger partial charge on any atom is 0.230 e. The molecule has 0 atom stereocenters. The molecule has 2 aromatic rings. The molecule has 1 fully saturated rings. The predicted octanol–water partition coefficient (Wildman–Crippen LogP) is 4.44. The summed E-state index contributed by atoms with van der Waals surface area (Å²) in [5, 5.41) is 5.57. The van der Waals surface area contributed by atoms with Crippen molar-refractivity contribution in [2.24, 2.45) is 0 Å². The Bertz CT molecular complexity index is 859. The van der Waals surface area contributed by atoms with Crippen LogP contribution in [0.25, 0.3) is 0 Å². The molecule has 2 aromatic carbocycles. The first kappa shape index (κ1) is 20.0. The monoisotopic (exact) mass is 386 g/mol. The summed E-state index contributed by atoms with van der Waals surface area (Å²) in [5.41, 5.74) is 1.14. The van der Waals surface area contributed by atoms with E-state index in [1.165, 1.54) is 19.1 Å². The van der Waals surface area contributed by atoms with Crippen LogP contribution in [0.3, 0.4) is 0 Å². The summed E-state index contributed by atoms with van der Waals surface area (Å²) in [6.45, 7) is 1.45. The molecule has 0 heterocycles. The van der Waals surface area contributed by atoms with Gasteiger partial charge in [0, 0.05) is 30.8 Å². The van der Waals surface area contributed by atoms with E-state index in [0.29, 0.717) is 18.5 Å². The highest BCUT2D eigenvalue weighted by Gasteiger charge is 2.40. The quantitative estimate of drug-likeness (QED) is 0.798. The lowest BCUT2D eigenvalue weighted by Crippen LogP contribution is -2.45. The van der Waals surface area contributed by atoms with Crippen molar-refractivity contribution in [1.29, 1.82) is 0 Å². The van der Waals surface area contributed by atoms with Gasteiger partial charge in [-0.05, 0) is 36.6 Å². The van der Waals surface area contributed by atoms with Gasteiger partial charge >= 0.3 is 0 Å². The largest absolute Gasteiger partial charge is 0.351 e. The van der Waals surface area contributed by atoms with Gasteiger partial charge in [0.25, 0.3) is 0 Å². The minimum Gasteiger partial charge on any atom is -0.351 e. The van der Waals surface area contributed by atoms with Crippen molar-refractivity contribution >= 4 is 17.5 Å². The van der Waals surface area contributed by atoms with Crippen LogP contribution >= 0.6 is 0 Å². The van der Waals surface area contributed by atoms with Crippen LogP contribution in [-0.4, -0.2) is 11.8 Å². The van der Waals surface area contributed by atoms with Gasteiger partial charge in [-0.2, -0.15) is 0 Å². The van der Waals surface area contributed by atoms with Crippen LogP contribution in [0.4, 0.5) is 14.5 Å². The van der Waals surface area contributed by atoms with Crippen LogP contribution < -0.4 is 10.6 Å². The fourth-order valence-electron chi connectivity index (χ4n) is 3.89. The minimum absolute atomic E-state index is 0.0106. The first-order valence-electron chi connectivity index (χ1n) is 9.51. The Morgan fingerprint density at radius 2 is 1.68 bits per heavy atom. The van der Waals surface area contributed by atoms with Gasteiger partial charge in [0.05, 0.1) is 5.41 Å². The van der Waals surface area contributed by atoms with Crippen molar-refractivity contribution < 1.29 is 18.4 Å². The van der Waals surface area contributed by atoms with E-state index in [9.17, 15) is 18.4 Å². The highest BCUT2D eigenvalue weighted by Crippen LogP contribution is 2.40. The van der Waals surface area contributed by atoms with Crippen molar-refractivity contribution in [3.8, 4) is 0 Å². The number of hydrogen-bond acceptors (Lipinski definition) is 2. The number of carbonyl (C=O) groups excluding carboxylic acids is 2. The third-order valence-corrected chi connectivity index (χ3v) is 5.35. The molecule has 0 spiro atoms. The average molecular weight is 386 g/mol. The summed E-state index contributed by atoms with van der Waals surface area (Å²) in [6, 6.07) is 10.7. The van der Waals surface area contributed by atoms with Gasteiger partial charge in [0.15, 0.2) is 0 Å². The number of halogens is 2. The molecule has 1 aliphatic carbocycles. The van der Waals surface area contributed by atoms with Crippen LogP contribution in [0, 0.1) is 11.6 Å². The Hall–Kier alpha value is -2.76. The molecule has 0 aromatic heterocycles. The third-order valence-electron chi connectivity index (χ3n) is 5.35. The molecule has 0 radical (unpaired) electrons. The zero-order chi connectivity index (χ0) is 20.1. The van der Waals surface area contributed by atoms with Gasteiger partial charge in [-0.3, -0.25) is 9.59 Å². The first-order chi connectivity index (χ1) is 13.4. The number of benzene rings is 2. The smallest absolute Gasteiger partial charge is 0.230 e. The number of anilines is 1. The lowest BCUT2D eigenvalue weighted by Gasteiger charge is -2.36. The van der Waals surface area contributed by atoms with E-state index in [1.807, 2.05) is 12.1 Å². The van der Waals surface area contributed by atoms with Gasteiger partial charge in [0.2, 0.25) is 11.8 Å². The van der Waals surface area contributed by atoms with E-state index in [2.05, 4.69) is 10.6 Å². The third kappa shape index (κ3) is 4.38. The Labute approximate surface area is 163 Å². The highest BCUT2D eigenvalue weighted by atomic mass is 19.1. The fraction of sp³-hybridized carbons (Fsp3) is 0.364. The molecule has 0 aliphatic heterocycles. The zero-order valence-corrected chi connectivity index (χ0v) is 15.9. The molecule has 2 amide bonds. The molecular weight excluding hydrogens is 362 g/mol. The summed E-state index contributed by atoms with van der Waals surface area (Å²) in [6.07, 6.45) is 4.37. The Morgan fingerprint density at radius 3 is 2.29 bits per heavy atom. The topological polar surface area (TPSA) is 58.2 Å². The number of hydrogen-bond donors (Lipinski definition) is 2. The molecule has 6 heteroatoms. The summed E-state index contributed by atoms with van der Waals surface area (Å²) >= 11 is 0. The molecule has 2 N–H and O–H groups in total. The summed E-state index contributed by atoms with van der Waals surface area (Å²) in [5.74, 6) is -1.62. The van der Waals surface area contributed by atoms with Crippen LogP contribution in [-0.2, 0) is 21.5 Å². The van der Waals surface area contributed by atoms with E-state index in [1.54, 1.807) is 12.1 Å². The molecular formula is C22H24F2N2O2. The fourth-order valence-corrected chi connectivity index (χ4v) is 3.89. The molecule has 3 rings (SSSR count). The first-order valence-corrected chi connectivity index (χ1v) is 9.51. The minimum atomic E-state index is -0.677. The maximum atomic E-state index is 13.9. The second-order valence-electron chi connectivity index (χ2n) is 7.32. The second-order valence-corrected chi connectivity index (χ2v) is 7.32. The molecule has 0 unspecified atom stereocenters. The van der Waals surface area contributed by atoms with Gasteiger partial charge in [-0.25, -0.2) is 8.78 Å². The number of nitrogens with one attached hydrogen (secondary N) is 2. The molecule has 4 nitrogen and oxygen atoms in total. The molecule has 148 valence electrons. The van der Waals surface area contributed by atoms with E-state index >= 15 is 0 Å². The Balaban J connectivity index is 1.80. The molecule has 0 bridgehead atoms. The number of rotatable bonds is 5. The van der Waals surface area contributed by atoms with Gasteiger partial charge in [0.1, 0.15) is 11.6 Å².